The molecule has 2 heterocycles. The van der Waals surface area contributed by atoms with E-state index in [9.17, 15) is 5.11 Å². The predicted molar refractivity (Wildman–Crippen MR) is 55.0 cm³/mol. The molecule has 0 aliphatic heterocycles. The molecule has 0 aliphatic carbocycles. The van der Waals surface area contributed by atoms with Gasteiger partial charge >= 0.3 is 0 Å². The molecule has 4 heteroatoms. The van der Waals surface area contributed by atoms with E-state index in [0.717, 1.165) is 5.65 Å². The standard InChI is InChI=1S/C11H11N3O/c1-11(15,3-4-12)9-2-6-14-7-5-13-10(14)8-9/h2,5-8,15H,3H2,1H3. The zero-order valence-electron chi connectivity index (χ0n) is 8.38. The van der Waals surface area contributed by atoms with Gasteiger partial charge in [0.25, 0.3) is 0 Å². The van der Waals surface area contributed by atoms with E-state index in [4.69, 9.17) is 5.26 Å². The van der Waals surface area contributed by atoms with Crippen molar-refractivity contribution in [3.05, 3.63) is 36.3 Å². The molecule has 4 nitrogen and oxygen atoms in total. The fraction of sp³-hybridized carbons (Fsp3) is 0.273. The zero-order valence-corrected chi connectivity index (χ0v) is 8.38. The molecule has 0 radical (unpaired) electrons. The lowest BCUT2D eigenvalue weighted by molar-refractivity contribution is 0.0624. The summed E-state index contributed by atoms with van der Waals surface area (Å²) < 4.78 is 1.85. The summed E-state index contributed by atoms with van der Waals surface area (Å²) >= 11 is 0. The molecule has 76 valence electrons. The summed E-state index contributed by atoms with van der Waals surface area (Å²) in [5, 5.41) is 18.6. The van der Waals surface area contributed by atoms with Gasteiger partial charge in [-0.15, -0.1) is 0 Å². The lowest BCUT2D eigenvalue weighted by Gasteiger charge is -2.20. The van der Waals surface area contributed by atoms with E-state index in [-0.39, 0.29) is 6.42 Å². The maximum atomic E-state index is 10.0. The summed E-state index contributed by atoms with van der Waals surface area (Å²) in [6.45, 7) is 1.63. The number of imidazole rings is 1. The Kier molecular flexibility index (Phi) is 2.18. The van der Waals surface area contributed by atoms with E-state index in [1.807, 2.05) is 22.9 Å². The second-order valence-electron chi connectivity index (χ2n) is 3.72. The molecule has 0 saturated heterocycles. The molecule has 1 N–H and O–H groups in total. The van der Waals surface area contributed by atoms with Gasteiger partial charge < -0.3 is 9.51 Å². The first kappa shape index (κ1) is 9.69. The van der Waals surface area contributed by atoms with Crippen LogP contribution in [0.15, 0.2) is 30.7 Å². The molecule has 1 unspecified atom stereocenters. The Morgan fingerprint density at radius 1 is 1.60 bits per heavy atom. The highest BCUT2D eigenvalue weighted by Crippen LogP contribution is 2.24. The number of fused-ring (bicyclic) bond motifs is 1. The van der Waals surface area contributed by atoms with Crippen molar-refractivity contribution in [2.75, 3.05) is 0 Å². The van der Waals surface area contributed by atoms with Gasteiger partial charge in [0.05, 0.1) is 18.1 Å². The Morgan fingerprint density at radius 2 is 2.40 bits per heavy atom. The third-order valence-electron chi connectivity index (χ3n) is 2.44. The Bertz CT molecular complexity index is 522. The predicted octanol–water partition coefficient (Wildman–Crippen LogP) is 1.46. The second kappa shape index (κ2) is 3.37. The van der Waals surface area contributed by atoms with Crippen LogP contribution in [-0.2, 0) is 5.60 Å². The summed E-state index contributed by atoms with van der Waals surface area (Å²) in [6, 6.07) is 5.56. The molecule has 1 atom stereocenters. The zero-order chi connectivity index (χ0) is 10.9. The number of rotatable bonds is 2. The summed E-state index contributed by atoms with van der Waals surface area (Å²) in [4.78, 5) is 4.12. The topological polar surface area (TPSA) is 61.3 Å². The van der Waals surface area contributed by atoms with Gasteiger partial charge in [0.1, 0.15) is 5.65 Å². The van der Waals surface area contributed by atoms with Crippen LogP contribution in [0.4, 0.5) is 0 Å². The van der Waals surface area contributed by atoms with Crippen LogP contribution in [0.1, 0.15) is 18.9 Å². The molecular weight excluding hydrogens is 190 g/mol. The van der Waals surface area contributed by atoms with Gasteiger partial charge in [-0.2, -0.15) is 5.26 Å². The van der Waals surface area contributed by atoms with Crippen LogP contribution in [0.25, 0.3) is 5.65 Å². The van der Waals surface area contributed by atoms with Crippen LogP contribution < -0.4 is 0 Å². The second-order valence-corrected chi connectivity index (χ2v) is 3.72. The summed E-state index contributed by atoms with van der Waals surface area (Å²) in [6.07, 6.45) is 5.42. The van der Waals surface area contributed by atoms with Crippen molar-refractivity contribution in [2.24, 2.45) is 0 Å². The summed E-state index contributed by atoms with van der Waals surface area (Å²) in [7, 11) is 0. The third kappa shape index (κ3) is 1.69. The van der Waals surface area contributed by atoms with Crippen LogP contribution in [0.3, 0.4) is 0 Å². The fourth-order valence-electron chi connectivity index (χ4n) is 1.50. The van der Waals surface area contributed by atoms with Crippen molar-refractivity contribution >= 4 is 5.65 Å². The number of hydrogen-bond donors (Lipinski definition) is 1. The summed E-state index contributed by atoms with van der Waals surface area (Å²) in [5.74, 6) is 0. The van der Waals surface area contributed by atoms with Gasteiger partial charge in [-0.1, -0.05) is 0 Å². The van der Waals surface area contributed by atoms with Crippen molar-refractivity contribution in [1.82, 2.24) is 9.38 Å². The molecule has 2 aromatic heterocycles. The first-order valence-corrected chi connectivity index (χ1v) is 4.66. The minimum absolute atomic E-state index is 0.0733. The molecule has 0 fully saturated rings. The van der Waals surface area contributed by atoms with Crippen molar-refractivity contribution in [1.29, 1.82) is 5.26 Å². The Hall–Kier alpha value is -1.86. The summed E-state index contributed by atoms with van der Waals surface area (Å²) in [5.41, 5.74) is 0.371. The van der Waals surface area contributed by atoms with Crippen molar-refractivity contribution in [3.8, 4) is 6.07 Å². The molecule has 15 heavy (non-hydrogen) atoms. The number of aromatic nitrogens is 2. The number of hydrogen-bond acceptors (Lipinski definition) is 3. The Balaban J connectivity index is 2.48. The quantitative estimate of drug-likeness (QED) is 0.800. The van der Waals surface area contributed by atoms with Gasteiger partial charge in [0.15, 0.2) is 0 Å². The number of nitriles is 1. The van der Waals surface area contributed by atoms with E-state index in [1.165, 1.54) is 0 Å². The fourth-order valence-corrected chi connectivity index (χ4v) is 1.50. The van der Waals surface area contributed by atoms with Crippen LogP contribution in [-0.4, -0.2) is 14.5 Å². The highest BCUT2D eigenvalue weighted by molar-refractivity contribution is 5.43. The van der Waals surface area contributed by atoms with E-state index < -0.39 is 5.60 Å². The van der Waals surface area contributed by atoms with Crippen molar-refractivity contribution < 1.29 is 5.11 Å². The highest BCUT2D eigenvalue weighted by atomic mass is 16.3. The van der Waals surface area contributed by atoms with Gasteiger partial charge in [-0.3, -0.25) is 0 Å². The minimum atomic E-state index is -1.11. The van der Waals surface area contributed by atoms with Crippen molar-refractivity contribution in [2.45, 2.75) is 18.9 Å². The molecule has 0 amide bonds. The normalized spacial score (nSPS) is 14.7. The van der Waals surface area contributed by atoms with Crippen LogP contribution >= 0.6 is 0 Å². The lowest BCUT2D eigenvalue weighted by atomic mass is 9.94. The monoisotopic (exact) mass is 201 g/mol. The van der Waals surface area contributed by atoms with E-state index in [2.05, 4.69) is 4.98 Å². The van der Waals surface area contributed by atoms with Gasteiger partial charge in [0.2, 0.25) is 0 Å². The molecule has 0 spiro atoms. The van der Waals surface area contributed by atoms with Gasteiger partial charge in [-0.05, 0) is 24.6 Å². The molecule has 0 bridgehead atoms. The SMILES string of the molecule is CC(O)(CC#N)c1ccn2ccnc2c1. The first-order valence-electron chi connectivity index (χ1n) is 4.66. The van der Waals surface area contributed by atoms with Gasteiger partial charge in [0, 0.05) is 18.6 Å². The molecule has 0 aliphatic rings. The highest BCUT2D eigenvalue weighted by Gasteiger charge is 2.22. The largest absolute Gasteiger partial charge is 0.384 e. The van der Waals surface area contributed by atoms with E-state index in [1.54, 1.807) is 25.3 Å². The Morgan fingerprint density at radius 3 is 3.13 bits per heavy atom. The maximum Gasteiger partial charge on any atom is 0.137 e. The van der Waals surface area contributed by atoms with Crippen LogP contribution in [0.2, 0.25) is 0 Å². The molecule has 2 aromatic rings. The minimum Gasteiger partial charge on any atom is -0.384 e. The Labute approximate surface area is 87.4 Å². The van der Waals surface area contributed by atoms with Crippen LogP contribution in [0.5, 0.6) is 0 Å². The van der Waals surface area contributed by atoms with Crippen molar-refractivity contribution in [3.63, 3.8) is 0 Å². The van der Waals surface area contributed by atoms with E-state index >= 15 is 0 Å². The first-order chi connectivity index (χ1) is 7.13. The average molecular weight is 201 g/mol. The lowest BCUT2D eigenvalue weighted by Crippen LogP contribution is -2.20. The number of pyridine rings is 1. The van der Waals surface area contributed by atoms with E-state index in [0.29, 0.717) is 5.56 Å². The molecule has 0 aromatic carbocycles. The maximum absolute atomic E-state index is 10.0. The van der Waals surface area contributed by atoms with Crippen LogP contribution in [0, 0.1) is 11.3 Å². The molecular formula is C11H11N3O. The number of aliphatic hydroxyl groups is 1. The average Bonchev–Trinajstić information content (AvgIpc) is 2.63. The van der Waals surface area contributed by atoms with Gasteiger partial charge in [-0.25, -0.2) is 4.98 Å². The smallest absolute Gasteiger partial charge is 0.137 e. The molecule has 0 saturated carbocycles. The number of nitrogens with zero attached hydrogens (tertiary/aromatic N) is 3. The molecule has 2 rings (SSSR count). The third-order valence-corrected chi connectivity index (χ3v) is 2.44.